The first-order valence-electron chi connectivity index (χ1n) is 8.81. The third-order valence-corrected chi connectivity index (χ3v) is 5.06. The highest BCUT2D eigenvalue weighted by atomic mass is 16.5. The van der Waals surface area contributed by atoms with E-state index in [9.17, 15) is 4.79 Å². The number of ether oxygens (including phenoxy) is 1. The van der Waals surface area contributed by atoms with Crippen LogP contribution in [-0.4, -0.2) is 47.8 Å². The second kappa shape index (κ2) is 6.89. The molecule has 0 bridgehead atoms. The van der Waals surface area contributed by atoms with Gasteiger partial charge in [0.25, 0.3) is 5.91 Å². The molecule has 2 unspecified atom stereocenters. The third-order valence-electron chi connectivity index (χ3n) is 5.06. The van der Waals surface area contributed by atoms with E-state index in [0.29, 0.717) is 42.6 Å². The maximum atomic E-state index is 12.9. The Labute approximate surface area is 151 Å². The van der Waals surface area contributed by atoms with Crippen molar-refractivity contribution in [2.24, 2.45) is 5.92 Å². The lowest BCUT2D eigenvalue weighted by Crippen LogP contribution is -2.29. The van der Waals surface area contributed by atoms with Gasteiger partial charge >= 0.3 is 0 Å². The van der Waals surface area contributed by atoms with Gasteiger partial charge in [0.05, 0.1) is 24.2 Å². The van der Waals surface area contributed by atoms with Crippen LogP contribution in [0.4, 0.5) is 0 Å². The first-order chi connectivity index (χ1) is 12.7. The second-order valence-corrected chi connectivity index (χ2v) is 6.99. The molecule has 4 rings (SSSR count). The van der Waals surface area contributed by atoms with Crippen molar-refractivity contribution < 1.29 is 14.1 Å². The molecule has 2 fully saturated rings. The molecule has 1 aromatic carbocycles. The highest BCUT2D eigenvalue weighted by Gasteiger charge is 2.40. The first kappa shape index (κ1) is 16.7. The molecule has 7 heteroatoms. The van der Waals surface area contributed by atoms with Gasteiger partial charge in [-0.3, -0.25) is 4.79 Å². The van der Waals surface area contributed by atoms with Gasteiger partial charge in [-0.2, -0.15) is 10.2 Å². The Balaban J connectivity index is 1.54. The van der Waals surface area contributed by atoms with E-state index in [1.807, 2.05) is 0 Å². The molecule has 0 N–H and O–H groups in total. The molecule has 1 aliphatic heterocycles. The fourth-order valence-electron chi connectivity index (χ4n) is 3.51. The second-order valence-electron chi connectivity index (χ2n) is 6.99. The van der Waals surface area contributed by atoms with Gasteiger partial charge in [0, 0.05) is 37.6 Å². The zero-order valence-corrected chi connectivity index (χ0v) is 14.6. The molecule has 1 saturated heterocycles. The quantitative estimate of drug-likeness (QED) is 0.820. The van der Waals surface area contributed by atoms with Crippen molar-refractivity contribution in [2.75, 3.05) is 26.8 Å². The lowest BCUT2D eigenvalue weighted by Gasteiger charge is -2.16. The Bertz CT molecular complexity index is 852. The number of nitriles is 1. The standard InChI is InChI=1S/C19H20N4O3/c1-25-11-15-9-23(19(24)14-4-2-3-12(7-14)8-20)10-16(15)18-21-17(22-26-18)13-5-6-13/h2-4,7,13,15-16H,5-6,9-11H2,1H3. The average Bonchev–Trinajstić information content (AvgIpc) is 3.25. The molecular weight excluding hydrogens is 332 g/mol. The topological polar surface area (TPSA) is 92.2 Å². The smallest absolute Gasteiger partial charge is 0.253 e. The number of methoxy groups -OCH3 is 1. The van der Waals surface area contributed by atoms with Crippen LogP contribution in [0.5, 0.6) is 0 Å². The van der Waals surface area contributed by atoms with Crippen molar-refractivity contribution in [3.8, 4) is 6.07 Å². The summed E-state index contributed by atoms with van der Waals surface area (Å²) in [5, 5.41) is 13.1. The number of nitrogens with zero attached hydrogens (tertiary/aromatic N) is 4. The summed E-state index contributed by atoms with van der Waals surface area (Å²) in [6, 6.07) is 8.85. The van der Waals surface area contributed by atoms with E-state index in [2.05, 4.69) is 16.2 Å². The van der Waals surface area contributed by atoms with Crippen molar-refractivity contribution in [3.63, 3.8) is 0 Å². The molecular formula is C19H20N4O3. The van der Waals surface area contributed by atoms with Crippen molar-refractivity contribution in [1.82, 2.24) is 15.0 Å². The van der Waals surface area contributed by atoms with Gasteiger partial charge in [-0.05, 0) is 31.0 Å². The van der Waals surface area contributed by atoms with Crippen LogP contribution >= 0.6 is 0 Å². The summed E-state index contributed by atoms with van der Waals surface area (Å²) in [6.07, 6.45) is 2.23. The fraction of sp³-hybridized carbons (Fsp3) is 0.474. The number of hydrogen-bond donors (Lipinski definition) is 0. The van der Waals surface area contributed by atoms with E-state index < -0.39 is 0 Å². The predicted molar refractivity (Wildman–Crippen MR) is 91.4 cm³/mol. The highest BCUT2D eigenvalue weighted by Crippen LogP contribution is 2.40. The van der Waals surface area contributed by atoms with Crippen molar-refractivity contribution in [3.05, 3.63) is 47.1 Å². The lowest BCUT2D eigenvalue weighted by molar-refractivity contribution is 0.0775. The molecule has 26 heavy (non-hydrogen) atoms. The lowest BCUT2D eigenvalue weighted by atomic mass is 9.97. The number of hydrogen-bond acceptors (Lipinski definition) is 6. The van der Waals surface area contributed by atoms with Gasteiger partial charge in [0.1, 0.15) is 0 Å². The monoisotopic (exact) mass is 352 g/mol. The van der Waals surface area contributed by atoms with Gasteiger partial charge in [0.15, 0.2) is 5.82 Å². The SMILES string of the molecule is COCC1CN(C(=O)c2cccc(C#N)c2)CC1c1nc(C2CC2)no1. The molecule has 1 aromatic heterocycles. The fourth-order valence-corrected chi connectivity index (χ4v) is 3.51. The molecule has 1 aliphatic carbocycles. The maximum Gasteiger partial charge on any atom is 0.253 e. The number of carbonyl (C=O) groups excluding carboxylic acids is 1. The molecule has 2 atom stereocenters. The normalized spacial score (nSPS) is 22.4. The van der Waals surface area contributed by atoms with Crippen molar-refractivity contribution in [1.29, 1.82) is 5.26 Å². The zero-order chi connectivity index (χ0) is 18.1. The first-order valence-corrected chi connectivity index (χ1v) is 8.81. The summed E-state index contributed by atoms with van der Waals surface area (Å²) < 4.78 is 10.8. The van der Waals surface area contributed by atoms with Gasteiger partial charge in [0.2, 0.25) is 5.89 Å². The number of amides is 1. The molecule has 1 amide bonds. The van der Waals surface area contributed by atoms with Crippen LogP contribution < -0.4 is 0 Å². The molecule has 7 nitrogen and oxygen atoms in total. The van der Waals surface area contributed by atoms with Crippen LogP contribution in [0.25, 0.3) is 0 Å². The van der Waals surface area contributed by atoms with Crippen LogP contribution in [0.1, 0.15) is 52.3 Å². The number of likely N-dealkylation sites (tertiary alicyclic amines) is 1. The third kappa shape index (κ3) is 3.20. The molecule has 2 aliphatic rings. The summed E-state index contributed by atoms with van der Waals surface area (Å²) in [4.78, 5) is 19.2. The number of aromatic nitrogens is 2. The van der Waals surface area contributed by atoms with Crippen LogP contribution in [0.15, 0.2) is 28.8 Å². The molecule has 1 saturated carbocycles. The van der Waals surface area contributed by atoms with Gasteiger partial charge < -0.3 is 14.2 Å². The highest BCUT2D eigenvalue weighted by molar-refractivity contribution is 5.94. The summed E-state index contributed by atoms with van der Waals surface area (Å²) in [5.41, 5.74) is 0.996. The summed E-state index contributed by atoms with van der Waals surface area (Å²) >= 11 is 0. The Morgan fingerprint density at radius 1 is 1.42 bits per heavy atom. The van der Waals surface area contributed by atoms with E-state index in [1.54, 1.807) is 36.3 Å². The minimum absolute atomic E-state index is 0.0296. The van der Waals surface area contributed by atoms with Crippen LogP contribution in [-0.2, 0) is 4.74 Å². The van der Waals surface area contributed by atoms with Crippen molar-refractivity contribution >= 4 is 5.91 Å². The summed E-state index contributed by atoms with van der Waals surface area (Å²) in [5.74, 6) is 1.79. The van der Waals surface area contributed by atoms with Gasteiger partial charge in [-0.15, -0.1) is 0 Å². The largest absolute Gasteiger partial charge is 0.384 e. The number of benzene rings is 1. The van der Waals surface area contributed by atoms with Crippen molar-refractivity contribution in [2.45, 2.75) is 24.7 Å². The maximum absolute atomic E-state index is 12.9. The Kier molecular flexibility index (Phi) is 4.43. The molecule has 0 spiro atoms. The predicted octanol–water partition coefficient (Wildman–Crippen LogP) is 2.32. The van der Waals surface area contributed by atoms with E-state index in [0.717, 1.165) is 18.7 Å². The van der Waals surface area contributed by atoms with E-state index >= 15 is 0 Å². The molecule has 134 valence electrons. The Morgan fingerprint density at radius 2 is 2.27 bits per heavy atom. The van der Waals surface area contributed by atoms with Gasteiger partial charge in [-0.25, -0.2) is 0 Å². The minimum Gasteiger partial charge on any atom is -0.384 e. The van der Waals surface area contributed by atoms with E-state index in [-0.39, 0.29) is 17.7 Å². The van der Waals surface area contributed by atoms with E-state index in [1.165, 1.54) is 0 Å². The molecule has 0 radical (unpaired) electrons. The van der Waals surface area contributed by atoms with Gasteiger partial charge in [-0.1, -0.05) is 11.2 Å². The van der Waals surface area contributed by atoms with Crippen LogP contribution in [0.3, 0.4) is 0 Å². The average molecular weight is 352 g/mol. The Morgan fingerprint density at radius 3 is 3.00 bits per heavy atom. The Hall–Kier alpha value is -2.72. The summed E-state index contributed by atoms with van der Waals surface area (Å²) in [6.45, 7) is 1.60. The van der Waals surface area contributed by atoms with Crippen LogP contribution in [0, 0.1) is 17.2 Å². The summed E-state index contributed by atoms with van der Waals surface area (Å²) in [7, 11) is 1.65. The van der Waals surface area contributed by atoms with Crippen LogP contribution in [0.2, 0.25) is 0 Å². The molecule has 2 aromatic rings. The zero-order valence-electron chi connectivity index (χ0n) is 14.6. The molecule has 2 heterocycles. The number of rotatable bonds is 5. The number of carbonyl (C=O) groups is 1. The van der Waals surface area contributed by atoms with E-state index in [4.69, 9.17) is 14.5 Å². The minimum atomic E-state index is -0.0902.